The number of hydrogen-bond donors (Lipinski definition) is 1. The van der Waals surface area contributed by atoms with Gasteiger partial charge in [0, 0.05) is 24.8 Å². The van der Waals surface area contributed by atoms with Crippen LogP contribution in [0.25, 0.3) is 11.3 Å². The van der Waals surface area contributed by atoms with Gasteiger partial charge in [-0.1, -0.05) is 29.8 Å². The Morgan fingerprint density at radius 3 is 2.79 bits per heavy atom. The molecule has 98 valence electrons. The van der Waals surface area contributed by atoms with E-state index in [1.54, 1.807) is 6.20 Å². The van der Waals surface area contributed by atoms with Crippen molar-refractivity contribution in [1.29, 1.82) is 0 Å². The molecule has 1 fully saturated rings. The normalized spacial score (nSPS) is 19.3. The maximum Gasteiger partial charge on any atom is 0.159 e. The number of ether oxygens (including phenoxy) is 1. The molecular formula is C15H17N3O. The van der Waals surface area contributed by atoms with Crippen LogP contribution in [0.1, 0.15) is 17.5 Å². The molecular weight excluding hydrogens is 238 g/mol. The van der Waals surface area contributed by atoms with Crippen LogP contribution >= 0.6 is 0 Å². The Labute approximate surface area is 112 Å². The first-order valence-electron chi connectivity index (χ1n) is 6.55. The van der Waals surface area contributed by atoms with Crippen molar-refractivity contribution < 1.29 is 4.74 Å². The summed E-state index contributed by atoms with van der Waals surface area (Å²) in [6.45, 7) is 4.46. The molecule has 1 aliphatic rings. The third kappa shape index (κ3) is 2.80. The maximum atomic E-state index is 5.69. The second-order valence-electron chi connectivity index (χ2n) is 4.73. The van der Waals surface area contributed by atoms with Crippen LogP contribution in [0.4, 0.5) is 0 Å². The van der Waals surface area contributed by atoms with Crippen molar-refractivity contribution in [3.8, 4) is 11.3 Å². The van der Waals surface area contributed by atoms with Crippen molar-refractivity contribution in [3.63, 3.8) is 0 Å². The zero-order valence-electron chi connectivity index (χ0n) is 11.0. The molecule has 4 heteroatoms. The Bertz CT molecular complexity index is 548. The summed E-state index contributed by atoms with van der Waals surface area (Å²) in [7, 11) is 0. The van der Waals surface area contributed by atoms with E-state index in [0.717, 1.165) is 30.2 Å². The SMILES string of the molecule is Cc1ccc(-c2ccnc(C3CNCCO3)n2)cc1. The van der Waals surface area contributed by atoms with E-state index in [9.17, 15) is 0 Å². The average molecular weight is 255 g/mol. The van der Waals surface area contributed by atoms with Crippen LogP contribution in [0.5, 0.6) is 0 Å². The predicted molar refractivity (Wildman–Crippen MR) is 73.8 cm³/mol. The standard InChI is InChI=1S/C15H17N3O/c1-11-2-4-12(5-3-11)13-6-7-17-15(18-13)14-10-16-8-9-19-14/h2-7,14,16H,8-10H2,1H3. The first-order valence-corrected chi connectivity index (χ1v) is 6.55. The molecule has 1 N–H and O–H groups in total. The Morgan fingerprint density at radius 1 is 1.21 bits per heavy atom. The monoisotopic (exact) mass is 255 g/mol. The fourth-order valence-corrected chi connectivity index (χ4v) is 2.15. The minimum atomic E-state index is -0.0425. The topological polar surface area (TPSA) is 47.0 Å². The largest absolute Gasteiger partial charge is 0.368 e. The molecule has 19 heavy (non-hydrogen) atoms. The maximum absolute atomic E-state index is 5.69. The molecule has 2 aromatic rings. The van der Waals surface area contributed by atoms with Crippen molar-refractivity contribution in [2.24, 2.45) is 0 Å². The molecule has 1 unspecified atom stereocenters. The van der Waals surface area contributed by atoms with Crippen LogP contribution in [0.3, 0.4) is 0 Å². The molecule has 2 heterocycles. The van der Waals surface area contributed by atoms with Gasteiger partial charge in [0.05, 0.1) is 12.3 Å². The molecule has 1 aromatic carbocycles. The summed E-state index contributed by atoms with van der Waals surface area (Å²) in [4.78, 5) is 8.95. The van der Waals surface area contributed by atoms with Gasteiger partial charge < -0.3 is 10.1 Å². The number of aromatic nitrogens is 2. The minimum Gasteiger partial charge on any atom is -0.368 e. The lowest BCUT2D eigenvalue weighted by Crippen LogP contribution is -2.34. The fourth-order valence-electron chi connectivity index (χ4n) is 2.15. The molecule has 1 atom stereocenters. The van der Waals surface area contributed by atoms with E-state index in [2.05, 4.69) is 46.5 Å². The zero-order chi connectivity index (χ0) is 13.1. The summed E-state index contributed by atoms with van der Waals surface area (Å²) in [5, 5.41) is 3.30. The van der Waals surface area contributed by atoms with Crippen LogP contribution in [0.2, 0.25) is 0 Å². The lowest BCUT2D eigenvalue weighted by molar-refractivity contribution is 0.0222. The summed E-state index contributed by atoms with van der Waals surface area (Å²) in [5.74, 6) is 0.755. The van der Waals surface area contributed by atoms with E-state index in [4.69, 9.17) is 4.74 Å². The summed E-state index contributed by atoms with van der Waals surface area (Å²) < 4.78 is 5.69. The molecule has 0 spiro atoms. The number of aryl methyl sites for hydroxylation is 1. The molecule has 0 aliphatic carbocycles. The highest BCUT2D eigenvalue weighted by Crippen LogP contribution is 2.20. The Morgan fingerprint density at radius 2 is 2.05 bits per heavy atom. The van der Waals surface area contributed by atoms with E-state index in [1.165, 1.54) is 5.56 Å². The molecule has 0 bridgehead atoms. The van der Waals surface area contributed by atoms with Crippen LogP contribution in [0.15, 0.2) is 36.5 Å². The molecule has 0 radical (unpaired) electrons. The second-order valence-corrected chi connectivity index (χ2v) is 4.73. The van der Waals surface area contributed by atoms with Crippen molar-refractivity contribution in [1.82, 2.24) is 15.3 Å². The number of nitrogens with zero attached hydrogens (tertiary/aromatic N) is 2. The van der Waals surface area contributed by atoms with Crippen LogP contribution in [-0.2, 0) is 4.74 Å². The molecule has 3 rings (SSSR count). The van der Waals surface area contributed by atoms with Crippen LogP contribution in [-0.4, -0.2) is 29.7 Å². The lowest BCUT2D eigenvalue weighted by Gasteiger charge is -2.22. The third-order valence-corrected chi connectivity index (χ3v) is 3.24. The number of nitrogens with one attached hydrogen (secondary N) is 1. The third-order valence-electron chi connectivity index (χ3n) is 3.24. The Kier molecular flexibility index (Phi) is 3.53. The molecule has 1 saturated heterocycles. The Hall–Kier alpha value is -1.78. The highest BCUT2D eigenvalue weighted by atomic mass is 16.5. The number of rotatable bonds is 2. The van der Waals surface area contributed by atoms with E-state index in [1.807, 2.05) is 6.07 Å². The summed E-state index contributed by atoms with van der Waals surface area (Å²) in [6, 6.07) is 10.3. The Balaban J connectivity index is 1.88. The lowest BCUT2D eigenvalue weighted by atomic mass is 10.1. The van der Waals surface area contributed by atoms with Crippen LogP contribution in [0, 0.1) is 6.92 Å². The van der Waals surface area contributed by atoms with Crippen LogP contribution < -0.4 is 5.32 Å². The van der Waals surface area contributed by atoms with Crippen molar-refractivity contribution in [2.45, 2.75) is 13.0 Å². The predicted octanol–water partition coefficient (Wildman–Crippen LogP) is 2.11. The summed E-state index contributed by atoms with van der Waals surface area (Å²) >= 11 is 0. The smallest absolute Gasteiger partial charge is 0.159 e. The molecule has 0 saturated carbocycles. The van der Waals surface area contributed by atoms with E-state index < -0.39 is 0 Å². The van der Waals surface area contributed by atoms with Gasteiger partial charge in [0.15, 0.2) is 5.82 Å². The number of benzene rings is 1. The van der Waals surface area contributed by atoms with Gasteiger partial charge in [0.2, 0.25) is 0 Å². The van der Waals surface area contributed by atoms with E-state index in [-0.39, 0.29) is 6.10 Å². The van der Waals surface area contributed by atoms with Gasteiger partial charge in [-0.05, 0) is 13.0 Å². The summed E-state index contributed by atoms with van der Waals surface area (Å²) in [5.41, 5.74) is 3.30. The fraction of sp³-hybridized carbons (Fsp3) is 0.333. The molecule has 1 aliphatic heterocycles. The van der Waals surface area contributed by atoms with Crippen molar-refractivity contribution >= 4 is 0 Å². The molecule has 4 nitrogen and oxygen atoms in total. The summed E-state index contributed by atoms with van der Waals surface area (Å²) in [6.07, 6.45) is 1.76. The second kappa shape index (κ2) is 5.47. The highest BCUT2D eigenvalue weighted by molar-refractivity contribution is 5.58. The number of morpholine rings is 1. The quantitative estimate of drug-likeness (QED) is 0.893. The first kappa shape index (κ1) is 12.3. The minimum absolute atomic E-state index is 0.0425. The van der Waals surface area contributed by atoms with Gasteiger partial charge in [-0.3, -0.25) is 0 Å². The highest BCUT2D eigenvalue weighted by Gasteiger charge is 2.18. The average Bonchev–Trinajstić information content (AvgIpc) is 2.49. The van der Waals surface area contributed by atoms with Gasteiger partial charge in [0.25, 0.3) is 0 Å². The zero-order valence-corrected chi connectivity index (χ0v) is 11.0. The van der Waals surface area contributed by atoms with E-state index >= 15 is 0 Å². The molecule has 0 amide bonds. The van der Waals surface area contributed by atoms with Gasteiger partial charge >= 0.3 is 0 Å². The van der Waals surface area contributed by atoms with Crippen molar-refractivity contribution in [2.75, 3.05) is 19.7 Å². The van der Waals surface area contributed by atoms with Gasteiger partial charge in [0.1, 0.15) is 6.10 Å². The van der Waals surface area contributed by atoms with Gasteiger partial charge in [-0.2, -0.15) is 0 Å². The van der Waals surface area contributed by atoms with Gasteiger partial charge in [-0.25, -0.2) is 9.97 Å². The van der Waals surface area contributed by atoms with Gasteiger partial charge in [-0.15, -0.1) is 0 Å². The van der Waals surface area contributed by atoms with E-state index in [0.29, 0.717) is 6.61 Å². The number of hydrogen-bond acceptors (Lipinski definition) is 4. The molecule has 1 aromatic heterocycles. The first-order chi connectivity index (χ1) is 9.33. The van der Waals surface area contributed by atoms with Crippen molar-refractivity contribution in [3.05, 3.63) is 47.9 Å².